The molecule has 0 saturated heterocycles. The minimum absolute atomic E-state index is 0.100. The molecule has 5 heteroatoms. The predicted molar refractivity (Wildman–Crippen MR) is 62.8 cm³/mol. The largest absolute Gasteiger partial charge is 0.350 e. The van der Waals surface area contributed by atoms with Gasteiger partial charge in [0.15, 0.2) is 0 Å². The Labute approximate surface area is 99.3 Å². The number of hydrogen-bond acceptors (Lipinski definition) is 2. The van der Waals surface area contributed by atoms with Crippen LogP contribution >= 0.6 is 0 Å². The third-order valence-corrected chi connectivity index (χ3v) is 3.03. The van der Waals surface area contributed by atoms with Crippen LogP contribution in [0.1, 0.15) is 17.5 Å². The predicted octanol–water partition coefficient (Wildman–Crippen LogP) is 0.491. The first-order valence-electron chi connectivity index (χ1n) is 5.59. The van der Waals surface area contributed by atoms with Gasteiger partial charge in [-0.3, -0.25) is 10.2 Å². The van der Waals surface area contributed by atoms with E-state index in [0.29, 0.717) is 6.42 Å². The van der Waals surface area contributed by atoms with Gasteiger partial charge in [0.05, 0.1) is 0 Å². The maximum atomic E-state index is 11.7. The molecular formula is C12H15N3O2. The maximum Gasteiger partial charge on any atom is 0.330 e. The van der Waals surface area contributed by atoms with E-state index in [1.54, 1.807) is 0 Å². The van der Waals surface area contributed by atoms with E-state index in [1.807, 2.05) is 18.2 Å². The average molecular weight is 233 g/mol. The van der Waals surface area contributed by atoms with Crippen molar-refractivity contribution in [3.63, 3.8) is 0 Å². The summed E-state index contributed by atoms with van der Waals surface area (Å²) in [6.45, 7) is 0. The highest BCUT2D eigenvalue weighted by Crippen LogP contribution is 2.25. The molecule has 1 unspecified atom stereocenters. The van der Waals surface area contributed by atoms with Gasteiger partial charge in [-0.2, -0.15) is 0 Å². The van der Waals surface area contributed by atoms with Gasteiger partial charge in [0.2, 0.25) is 5.91 Å². The average Bonchev–Trinajstić information content (AvgIpc) is 2.35. The van der Waals surface area contributed by atoms with E-state index in [4.69, 9.17) is 5.73 Å². The SMILES string of the molecule is NC(=O)NNC(=O)C1CCc2ccccc2C1. The number of carbonyl (C=O) groups excluding carboxylic acids is 2. The molecule has 2 rings (SSSR count). The molecule has 1 aliphatic rings. The van der Waals surface area contributed by atoms with Gasteiger partial charge >= 0.3 is 6.03 Å². The van der Waals surface area contributed by atoms with Crippen molar-refractivity contribution in [1.29, 1.82) is 0 Å². The van der Waals surface area contributed by atoms with E-state index in [1.165, 1.54) is 11.1 Å². The molecule has 17 heavy (non-hydrogen) atoms. The van der Waals surface area contributed by atoms with E-state index in [9.17, 15) is 9.59 Å². The number of aryl methyl sites for hydroxylation is 1. The number of fused-ring (bicyclic) bond motifs is 1. The van der Waals surface area contributed by atoms with E-state index in [-0.39, 0.29) is 11.8 Å². The van der Waals surface area contributed by atoms with Crippen molar-refractivity contribution < 1.29 is 9.59 Å². The number of primary amides is 1. The van der Waals surface area contributed by atoms with E-state index < -0.39 is 6.03 Å². The number of carbonyl (C=O) groups is 2. The molecular weight excluding hydrogens is 218 g/mol. The lowest BCUT2D eigenvalue weighted by atomic mass is 9.83. The normalized spacial score (nSPS) is 18.0. The summed E-state index contributed by atoms with van der Waals surface area (Å²) < 4.78 is 0. The molecule has 1 aliphatic carbocycles. The van der Waals surface area contributed by atoms with Crippen LogP contribution in [0.15, 0.2) is 24.3 Å². The summed E-state index contributed by atoms with van der Waals surface area (Å²) in [6, 6.07) is 7.35. The Kier molecular flexibility index (Phi) is 3.27. The highest BCUT2D eigenvalue weighted by Gasteiger charge is 2.24. The fourth-order valence-electron chi connectivity index (χ4n) is 2.15. The van der Waals surface area contributed by atoms with Gasteiger partial charge in [0.1, 0.15) is 0 Å². The summed E-state index contributed by atoms with van der Waals surface area (Å²) >= 11 is 0. The van der Waals surface area contributed by atoms with E-state index >= 15 is 0 Å². The van der Waals surface area contributed by atoms with Crippen molar-refractivity contribution in [3.05, 3.63) is 35.4 Å². The number of hydrogen-bond donors (Lipinski definition) is 3. The molecule has 5 nitrogen and oxygen atoms in total. The number of amides is 3. The van der Waals surface area contributed by atoms with E-state index in [0.717, 1.165) is 12.8 Å². The molecule has 0 heterocycles. The Hall–Kier alpha value is -2.04. The zero-order valence-corrected chi connectivity index (χ0v) is 9.40. The minimum Gasteiger partial charge on any atom is -0.350 e. The molecule has 90 valence electrons. The molecule has 1 aromatic carbocycles. The van der Waals surface area contributed by atoms with Gasteiger partial charge in [0.25, 0.3) is 0 Å². The highest BCUT2D eigenvalue weighted by atomic mass is 16.2. The summed E-state index contributed by atoms with van der Waals surface area (Å²) in [6.07, 6.45) is 2.40. The monoisotopic (exact) mass is 233 g/mol. The molecule has 0 aromatic heterocycles. The second kappa shape index (κ2) is 4.86. The zero-order chi connectivity index (χ0) is 12.3. The van der Waals surface area contributed by atoms with Gasteiger partial charge in [-0.1, -0.05) is 24.3 Å². The molecule has 4 N–H and O–H groups in total. The van der Waals surface area contributed by atoms with Crippen molar-refractivity contribution in [2.75, 3.05) is 0 Å². The lowest BCUT2D eigenvalue weighted by Gasteiger charge is -2.23. The summed E-state index contributed by atoms with van der Waals surface area (Å²) in [4.78, 5) is 22.2. The molecule has 0 saturated carbocycles. The van der Waals surface area contributed by atoms with Crippen LogP contribution in [0.3, 0.4) is 0 Å². The molecule has 1 atom stereocenters. The maximum absolute atomic E-state index is 11.7. The summed E-state index contributed by atoms with van der Waals surface area (Å²) in [5.74, 6) is -0.282. The quantitative estimate of drug-likeness (QED) is 0.617. The van der Waals surface area contributed by atoms with Crippen molar-refractivity contribution in [3.8, 4) is 0 Å². The van der Waals surface area contributed by atoms with Crippen molar-refractivity contribution in [2.45, 2.75) is 19.3 Å². The molecule has 0 fully saturated rings. The standard InChI is InChI=1S/C12H15N3O2/c13-12(17)15-14-11(16)10-6-5-8-3-1-2-4-9(8)7-10/h1-4,10H,5-7H2,(H,14,16)(H3,13,15,17). The number of nitrogens with one attached hydrogen (secondary N) is 2. The smallest absolute Gasteiger partial charge is 0.330 e. The lowest BCUT2D eigenvalue weighted by molar-refractivity contribution is -0.126. The van der Waals surface area contributed by atoms with Gasteiger partial charge in [-0.15, -0.1) is 0 Å². The van der Waals surface area contributed by atoms with Crippen LogP contribution in [0.2, 0.25) is 0 Å². The minimum atomic E-state index is -0.755. The molecule has 0 spiro atoms. The fraction of sp³-hybridized carbons (Fsp3) is 0.333. The fourth-order valence-corrected chi connectivity index (χ4v) is 2.15. The molecule has 1 aromatic rings. The third-order valence-electron chi connectivity index (χ3n) is 3.03. The van der Waals surface area contributed by atoms with E-state index in [2.05, 4.69) is 16.9 Å². The molecule has 0 radical (unpaired) electrons. The van der Waals surface area contributed by atoms with Crippen LogP contribution in [-0.4, -0.2) is 11.9 Å². The highest BCUT2D eigenvalue weighted by molar-refractivity contribution is 5.82. The van der Waals surface area contributed by atoms with Gasteiger partial charge in [-0.05, 0) is 30.4 Å². The molecule has 0 aliphatic heterocycles. The van der Waals surface area contributed by atoms with Crippen LogP contribution in [0.5, 0.6) is 0 Å². The second-order valence-electron chi connectivity index (χ2n) is 4.19. The topological polar surface area (TPSA) is 84.2 Å². The Morgan fingerprint density at radius 1 is 1.18 bits per heavy atom. The Morgan fingerprint density at radius 3 is 2.59 bits per heavy atom. The number of nitrogens with two attached hydrogens (primary N) is 1. The first-order chi connectivity index (χ1) is 8.16. The Balaban J connectivity index is 1.97. The number of benzene rings is 1. The number of urea groups is 1. The van der Waals surface area contributed by atoms with Crippen LogP contribution < -0.4 is 16.6 Å². The van der Waals surface area contributed by atoms with Crippen LogP contribution in [0.4, 0.5) is 4.79 Å². The molecule has 3 amide bonds. The Bertz CT molecular complexity index is 445. The van der Waals surface area contributed by atoms with Crippen molar-refractivity contribution in [1.82, 2.24) is 10.9 Å². The first-order valence-corrected chi connectivity index (χ1v) is 5.59. The summed E-state index contributed by atoms with van der Waals surface area (Å²) in [5, 5.41) is 0. The number of rotatable bonds is 1. The van der Waals surface area contributed by atoms with Crippen molar-refractivity contribution in [2.24, 2.45) is 11.7 Å². The van der Waals surface area contributed by atoms with Crippen LogP contribution in [0.25, 0.3) is 0 Å². The zero-order valence-electron chi connectivity index (χ0n) is 9.40. The second-order valence-corrected chi connectivity index (χ2v) is 4.19. The van der Waals surface area contributed by atoms with Gasteiger partial charge in [0, 0.05) is 5.92 Å². The van der Waals surface area contributed by atoms with Crippen LogP contribution in [0, 0.1) is 5.92 Å². The van der Waals surface area contributed by atoms with Gasteiger partial charge in [-0.25, -0.2) is 10.2 Å². The first kappa shape index (κ1) is 11.4. The van der Waals surface area contributed by atoms with Gasteiger partial charge < -0.3 is 5.73 Å². The summed E-state index contributed by atoms with van der Waals surface area (Å²) in [7, 11) is 0. The summed E-state index contributed by atoms with van der Waals surface area (Å²) in [5.41, 5.74) is 11.8. The third kappa shape index (κ3) is 2.75. The van der Waals surface area contributed by atoms with Crippen molar-refractivity contribution >= 4 is 11.9 Å². The number of hydrazine groups is 1. The van der Waals surface area contributed by atoms with Crippen LogP contribution in [-0.2, 0) is 17.6 Å². The lowest BCUT2D eigenvalue weighted by Crippen LogP contribution is -2.47. The molecule has 0 bridgehead atoms. The Morgan fingerprint density at radius 2 is 1.88 bits per heavy atom.